The Morgan fingerprint density at radius 3 is 1.45 bits per heavy atom. The molecule has 1 atom stereocenters. The van der Waals surface area contributed by atoms with Crippen molar-refractivity contribution in [3.05, 3.63) is 12.2 Å². The van der Waals surface area contributed by atoms with E-state index >= 15 is 0 Å². The third kappa shape index (κ3) is 30.1. The number of amides is 1. The molecule has 1 amide bonds. The highest BCUT2D eigenvalue weighted by Crippen LogP contribution is 2.14. The molecule has 1 unspecified atom stereocenters. The van der Waals surface area contributed by atoms with Crippen molar-refractivity contribution in [1.29, 1.82) is 0 Å². The fourth-order valence-corrected chi connectivity index (χ4v) is 6.54. The number of likely N-dealkylation sites (tertiary alicyclic amines) is 1. The fourth-order valence-electron chi connectivity index (χ4n) is 6.54. The number of unbranched alkanes of at least 4 members (excludes halogenated alkanes) is 23. The maximum absolute atomic E-state index is 12.7. The van der Waals surface area contributed by atoms with E-state index in [0.717, 1.165) is 71.0 Å². The number of nitrogens with zero attached hydrogens (tertiary/aromatic N) is 1. The molecule has 0 bridgehead atoms. The molecule has 0 radical (unpaired) electrons. The van der Waals surface area contributed by atoms with Gasteiger partial charge in [0.2, 0.25) is 0 Å². The minimum atomic E-state index is -0.810. The van der Waals surface area contributed by atoms with E-state index in [2.05, 4.69) is 43.1 Å². The fraction of sp³-hybridized carbons (Fsp3) is 0.884. The lowest BCUT2D eigenvalue weighted by Gasteiger charge is -2.38. The summed E-state index contributed by atoms with van der Waals surface area (Å²) in [6, 6.07) is 0.0673. The summed E-state index contributed by atoms with van der Waals surface area (Å²) in [7, 11) is 0. The Hall–Kier alpha value is -2.09. The van der Waals surface area contributed by atoms with Crippen LogP contribution in [0.15, 0.2) is 12.2 Å². The van der Waals surface area contributed by atoms with Crippen LogP contribution in [0.2, 0.25) is 0 Å². The van der Waals surface area contributed by atoms with Gasteiger partial charge in [0.25, 0.3) is 0 Å². The van der Waals surface area contributed by atoms with Gasteiger partial charge in [-0.05, 0) is 45.1 Å². The molecule has 0 aliphatic carbocycles. The van der Waals surface area contributed by atoms with Crippen molar-refractivity contribution >= 4 is 18.0 Å². The number of carbonyl (C=O) groups is 3. The molecule has 0 aromatic rings. The molecule has 8 heteroatoms. The molecule has 0 aromatic carbocycles. The highest BCUT2D eigenvalue weighted by Gasteiger charge is 2.27. The summed E-state index contributed by atoms with van der Waals surface area (Å²) in [6.45, 7) is 8.92. The molecular formula is C43H80N2O6. The Morgan fingerprint density at radius 2 is 0.980 bits per heavy atom. The second-order valence-corrected chi connectivity index (χ2v) is 14.9. The van der Waals surface area contributed by atoms with Crippen LogP contribution in [0.4, 0.5) is 4.79 Å². The number of hydrogen-bond donors (Lipinski definition) is 1. The van der Waals surface area contributed by atoms with Crippen molar-refractivity contribution < 1.29 is 28.6 Å². The number of hydrogen-bond acceptors (Lipinski definition) is 7. The topological polar surface area (TPSA) is 94.2 Å². The Kier molecular flexibility index (Phi) is 32.2. The summed E-state index contributed by atoms with van der Waals surface area (Å²) in [6.07, 6.45) is 35.8. The summed E-state index contributed by atoms with van der Waals surface area (Å²) >= 11 is 0. The second-order valence-electron chi connectivity index (χ2n) is 14.9. The highest BCUT2D eigenvalue weighted by molar-refractivity contribution is 5.70. The first-order valence-electron chi connectivity index (χ1n) is 21.6. The zero-order chi connectivity index (χ0) is 37.0. The molecule has 1 aliphatic rings. The van der Waals surface area contributed by atoms with Crippen molar-refractivity contribution in [3.63, 3.8) is 0 Å². The average molecular weight is 721 g/mol. The van der Waals surface area contributed by atoms with Crippen LogP contribution in [0.3, 0.4) is 0 Å². The van der Waals surface area contributed by atoms with Gasteiger partial charge in [-0.25, -0.2) is 4.79 Å². The first-order chi connectivity index (χ1) is 25.0. The maximum atomic E-state index is 12.7. The highest BCUT2D eigenvalue weighted by atomic mass is 16.6. The number of rotatable bonds is 36. The van der Waals surface area contributed by atoms with Gasteiger partial charge in [0, 0.05) is 25.9 Å². The van der Waals surface area contributed by atoms with Crippen molar-refractivity contribution in [2.45, 2.75) is 213 Å². The standard InChI is InChI=1S/C43H80N2O6/c1-4-7-9-11-13-15-17-19-20-22-24-26-28-30-32-34-42(47)51-40(38-50-43(48)44-39-35-45(6-3)36-39)37-49-41(46)33-31-29-27-25-23-21-18-16-14-12-10-8-5-2/h19-20,39-40H,4-18,21-38H2,1-3H3,(H,44,48)/b20-19-. The molecule has 1 rings (SSSR count). The average Bonchev–Trinajstić information content (AvgIpc) is 3.11. The molecule has 0 spiro atoms. The summed E-state index contributed by atoms with van der Waals surface area (Å²) in [5.41, 5.74) is 0. The lowest BCUT2D eigenvalue weighted by molar-refractivity contribution is -0.161. The molecule has 1 saturated heterocycles. The summed E-state index contributed by atoms with van der Waals surface area (Å²) in [5, 5.41) is 2.85. The Balaban J connectivity index is 2.22. The van der Waals surface area contributed by atoms with Gasteiger partial charge in [-0.3, -0.25) is 14.5 Å². The molecular weight excluding hydrogens is 640 g/mol. The summed E-state index contributed by atoms with van der Waals surface area (Å²) < 4.78 is 16.5. The van der Waals surface area contributed by atoms with Crippen molar-refractivity contribution in [1.82, 2.24) is 10.2 Å². The third-order valence-electron chi connectivity index (χ3n) is 9.98. The Bertz CT molecular complexity index is 859. The summed E-state index contributed by atoms with van der Waals surface area (Å²) in [4.78, 5) is 39.7. The van der Waals surface area contributed by atoms with Crippen molar-refractivity contribution in [2.24, 2.45) is 0 Å². The van der Waals surface area contributed by atoms with E-state index in [4.69, 9.17) is 14.2 Å². The molecule has 51 heavy (non-hydrogen) atoms. The molecule has 1 fully saturated rings. The molecule has 1 heterocycles. The summed E-state index contributed by atoms with van der Waals surface area (Å²) in [5.74, 6) is -0.637. The largest absolute Gasteiger partial charge is 0.462 e. The van der Waals surface area contributed by atoms with E-state index in [1.807, 2.05) is 0 Å². The van der Waals surface area contributed by atoms with E-state index < -0.39 is 12.2 Å². The monoisotopic (exact) mass is 721 g/mol. The van der Waals surface area contributed by atoms with E-state index in [1.165, 1.54) is 116 Å². The number of likely N-dealkylation sites (N-methyl/N-ethyl adjacent to an activating group) is 1. The second kappa shape index (κ2) is 35.0. The minimum absolute atomic E-state index is 0.0673. The van der Waals surface area contributed by atoms with Gasteiger partial charge in [-0.1, -0.05) is 161 Å². The number of esters is 2. The lowest BCUT2D eigenvalue weighted by atomic mass is 10.0. The van der Waals surface area contributed by atoms with Crippen LogP contribution in [0.5, 0.6) is 0 Å². The predicted octanol–water partition coefficient (Wildman–Crippen LogP) is 11.4. The van der Waals surface area contributed by atoms with Crippen LogP contribution in [-0.4, -0.2) is 67.9 Å². The van der Waals surface area contributed by atoms with Crippen LogP contribution in [0.1, 0.15) is 201 Å². The molecule has 298 valence electrons. The quantitative estimate of drug-likeness (QED) is 0.0298. The number of alkyl carbamates (subject to hydrolysis) is 1. The molecule has 0 aromatic heterocycles. The number of carbonyl (C=O) groups excluding carboxylic acids is 3. The van der Waals surface area contributed by atoms with E-state index in [-0.39, 0.29) is 31.2 Å². The number of allylic oxidation sites excluding steroid dienone is 2. The Labute approximate surface area is 314 Å². The zero-order valence-electron chi connectivity index (χ0n) is 33.5. The normalized spacial score (nSPS) is 14.0. The van der Waals surface area contributed by atoms with Gasteiger partial charge in [0.05, 0.1) is 6.04 Å². The van der Waals surface area contributed by atoms with Crippen LogP contribution < -0.4 is 5.32 Å². The zero-order valence-corrected chi connectivity index (χ0v) is 33.5. The van der Waals surface area contributed by atoms with Gasteiger partial charge in [-0.15, -0.1) is 0 Å². The molecule has 8 nitrogen and oxygen atoms in total. The van der Waals surface area contributed by atoms with Crippen LogP contribution >= 0.6 is 0 Å². The molecule has 1 aliphatic heterocycles. The number of ether oxygens (including phenoxy) is 3. The van der Waals surface area contributed by atoms with Gasteiger partial charge >= 0.3 is 18.0 Å². The molecule has 1 N–H and O–H groups in total. The number of nitrogens with one attached hydrogen (secondary N) is 1. The van der Waals surface area contributed by atoms with Crippen LogP contribution in [0, 0.1) is 0 Å². The van der Waals surface area contributed by atoms with Crippen molar-refractivity contribution in [3.8, 4) is 0 Å². The third-order valence-corrected chi connectivity index (χ3v) is 9.98. The van der Waals surface area contributed by atoms with Gasteiger partial charge in [0.1, 0.15) is 13.2 Å². The van der Waals surface area contributed by atoms with Gasteiger partial charge < -0.3 is 19.5 Å². The van der Waals surface area contributed by atoms with E-state index in [0.29, 0.717) is 12.8 Å². The lowest BCUT2D eigenvalue weighted by Crippen LogP contribution is -2.59. The van der Waals surface area contributed by atoms with Crippen LogP contribution in [0.25, 0.3) is 0 Å². The predicted molar refractivity (Wildman–Crippen MR) is 211 cm³/mol. The van der Waals surface area contributed by atoms with Crippen molar-refractivity contribution in [2.75, 3.05) is 32.8 Å². The van der Waals surface area contributed by atoms with Gasteiger partial charge in [-0.2, -0.15) is 0 Å². The molecule has 0 saturated carbocycles. The van der Waals surface area contributed by atoms with E-state index in [9.17, 15) is 14.4 Å². The van der Waals surface area contributed by atoms with E-state index in [1.54, 1.807) is 0 Å². The first kappa shape index (κ1) is 46.9. The van der Waals surface area contributed by atoms with Gasteiger partial charge in [0.15, 0.2) is 6.10 Å². The minimum Gasteiger partial charge on any atom is -0.462 e. The smallest absolute Gasteiger partial charge is 0.407 e. The van der Waals surface area contributed by atoms with Crippen LogP contribution in [-0.2, 0) is 23.8 Å². The maximum Gasteiger partial charge on any atom is 0.407 e. The first-order valence-corrected chi connectivity index (χ1v) is 21.6. The Morgan fingerprint density at radius 1 is 0.569 bits per heavy atom. The SMILES string of the molecule is CCCCCCCC/C=C\CCCCCCCC(=O)OC(COC(=O)CCCCCCCCCCCCCCC)COC(=O)NC1CN(CC)C1.